The summed E-state index contributed by atoms with van der Waals surface area (Å²) in [7, 11) is 3.29. The van der Waals surface area contributed by atoms with Crippen LogP contribution in [0, 0.1) is 11.8 Å². The van der Waals surface area contributed by atoms with Gasteiger partial charge in [-0.2, -0.15) is 0 Å². The molecule has 4 rings (SSSR count). The fourth-order valence-corrected chi connectivity index (χ4v) is 5.42. The van der Waals surface area contributed by atoms with E-state index in [1.807, 2.05) is 69.3 Å². The average Bonchev–Trinajstić information content (AvgIpc) is 3.35. The summed E-state index contributed by atoms with van der Waals surface area (Å²) in [5.41, 5.74) is 1.41. The molecule has 0 radical (unpaired) electrons. The molecule has 8 unspecified atom stereocenters. The van der Waals surface area contributed by atoms with Crippen molar-refractivity contribution in [3.8, 4) is 0 Å². The summed E-state index contributed by atoms with van der Waals surface area (Å²) < 4.78 is 23.1. The standard InChI is InChI=1S/C16H24O4.C16H22O2/c1-10-14(19-4)12(17)13(18)15(10)20-16(2,3)11-8-6-5-7-9-11;1-12-14(17-4)10-11-15(12)18-16(2,3)13-8-6-5-7-9-13/h5-10,12-15,17-18H,1-4H3;5-12,14-15H,1-4H3. The second kappa shape index (κ2) is 12.9. The van der Waals surface area contributed by atoms with Crippen molar-refractivity contribution < 1.29 is 29.2 Å². The number of benzene rings is 2. The Balaban J connectivity index is 0.000000212. The van der Waals surface area contributed by atoms with Gasteiger partial charge in [0.15, 0.2) is 0 Å². The first-order valence-electron chi connectivity index (χ1n) is 13.5. The number of methoxy groups -OCH3 is 2. The molecule has 6 heteroatoms. The predicted octanol–water partition coefficient (Wildman–Crippen LogP) is 5.22. The fourth-order valence-electron chi connectivity index (χ4n) is 5.42. The smallest absolute Gasteiger partial charge is 0.109 e. The van der Waals surface area contributed by atoms with Gasteiger partial charge in [0.25, 0.3) is 0 Å². The van der Waals surface area contributed by atoms with Crippen LogP contribution < -0.4 is 0 Å². The summed E-state index contributed by atoms with van der Waals surface area (Å²) in [6.07, 6.45) is 1.79. The molecule has 2 aromatic carbocycles. The zero-order chi connectivity index (χ0) is 28.1. The largest absolute Gasteiger partial charge is 0.388 e. The van der Waals surface area contributed by atoms with Gasteiger partial charge < -0.3 is 29.2 Å². The van der Waals surface area contributed by atoms with E-state index in [1.165, 1.54) is 5.56 Å². The van der Waals surface area contributed by atoms with Crippen molar-refractivity contribution >= 4 is 0 Å². The van der Waals surface area contributed by atoms with Gasteiger partial charge in [0.1, 0.15) is 12.2 Å². The van der Waals surface area contributed by atoms with Crippen LogP contribution in [0.1, 0.15) is 52.7 Å². The third kappa shape index (κ3) is 6.92. The van der Waals surface area contributed by atoms with E-state index in [1.54, 1.807) is 14.2 Å². The zero-order valence-electron chi connectivity index (χ0n) is 24.1. The summed E-state index contributed by atoms with van der Waals surface area (Å²) in [5, 5.41) is 20.2. The molecule has 2 N–H and O–H groups in total. The molecule has 210 valence electrons. The molecule has 8 atom stereocenters. The minimum absolute atomic E-state index is 0.0759. The van der Waals surface area contributed by atoms with Crippen molar-refractivity contribution in [3.05, 3.63) is 83.9 Å². The first-order chi connectivity index (χ1) is 17.9. The quantitative estimate of drug-likeness (QED) is 0.459. The molecule has 0 aliphatic heterocycles. The van der Waals surface area contributed by atoms with Crippen LogP contribution in [0.15, 0.2) is 72.8 Å². The van der Waals surface area contributed by atoms with Crippen LogP contribution in [0.3, 0.4) is 0 Å². The van der Waals surface area contributed by atoms with E-state index in [-0.39, 0.29) is 23.7 Å². The normalized spacial score (nSPS) is 31.2. The van der Waals surface area contributed by atoms with Gasteiger partial charge in [-0.15, -0.1) is 0 Å². The summed E-state index contributed by atoms with van der Waals surface area (Å²) in [6.45, 7) is 12.3. The van der Waals surface area contributed by atoms with Gasteiger partial charge >= 0.3 is 0 Å². The topological polar surface area (TPSA) is 77.4 Å². The molecule has 2 aliphatic rings. The molecule has 1 saturated carbocycles. The Labute approximate surface area is 228 Å². The Morgan fingerprint density at radius 3 is 1.45 bits per heavy atom. The van der Waals surface area contributed by atoms with Gasteiger partial charge in [0, 0.05) is 26.1 Å². The highest BCUT2D eigenvalue weighted by Gasteiger charge is 2.50. The first kappa shape index (κ1) is 30.5. The van der Waals surface area contributed by atoms with E-state index in [0.29, 0.717) is 5.92 Å². The van der Waals surface area contributed by atoms with E-state index in [4.69, 9.17) is 18.9 Å². The number of aliphatic hydroxyl groups excluding tert-OH is 2. The highest BCUT2D eigenvalue weighted by molar-refractivity contribution is 5.22. The third-order valence-electron chi connectivity index (χ3n) is 7.93. The number of aliphatic hydroxyl groups is 2. The molecule has 1 fully saturated rings. The Kier molecular flexibility index (Phi) is 10.3. The predicted molar refractivity (Wildman–Crippen MR) is 150 cm³/mol. The monoisotopic (exact) mass is 526 g/mol. The maximum atomic E-state index is 10.2. The highest BCUT2D eigenvalue weighted by Crippen LogP contribution is 2.37. The molecule has 0 saturated heterocycles. The highest BCUT2D eigenvalue weighted by atomic mass is 16.5. The van der Waals surface area contributed by atoms with Crippen LogP contribution in [-0.2, 0) is 30.1 Å². The van der Waals surface area contributed by atoms with Crippen LogP contribution in [0.5, 0.6) is 0 Å². The second-order valence-electron chi connectivity index (χ2n) is 11.4. The number of hydrogen-bond donors (Lipinski definition) is 2. The summed E-state index contributed by atoms with van der Waals surface area (Å²) in [4.78, 5) is 0. The molecule has 2 aliphatic carbocycles. The second-order valence-corrected chi connectivity index (χ2v) is 11.4. The van der Waals surface area contributed by atoms with Crippen molar-refractivity contribution in [1.82, 2.24) is 0 Å². The van der Waals surface area contributed by atoms with Gasteiger partial charge in [-0.3, -0.25) is 0 Å². The number of ether oxygens (including phenoxy) is 4. The molecule has 6 nitrogen and oxygen atoms in total. The molecule has 0 aromatic heterocycles. The Morgan fingerprint density at radius 1 is 0.579 bits per heavy atom. The van der Waals surface area contributed by atoms with Crippen molar-refractivity contribution in [2.24, 2.45) is 11.8 Å². The molecule has 2 aromatic rings. The Hall–Kier alpha value is -2.06. The molecule has 0 heterocycles. The zero-order valence-corrected chi connectivity index (χ0v) is 24.1. The average molecular weight is 527 g/mol. The maximum Gasteiger partial charge on any atom is 0.109 e. The lowest BCUT2D eigenvalue weighted by Gasteiger charge is -2.33. The van der Waals surface area contributed by atoms with E-state index >= 15 is 0 Å². The molecule has 0 spiro atoms. The van der Waals surface area contributed by atoms with Gasteiger partial charge in [-0.25, -0.2) is 0 Å². The minimum Gasteiger partial charge on any atom is -0.388 e. The van der Waals surface area contributed by atoms with Crippen LogP contribution in [0.2, 0.25) is 0 Å². The van der Waals surface area contributed by atoms with Crippen molar-refractivity contribution in [3.63, 3.8) is 0 Å². The lowest BCUT2D eigenvalue weighted by molar-refractivity contribution is -0.136. The minimum atomic E-state index is -0.932. The third-order valence-corrected chi connectivity index (χ3v) is 7.93. The number of rotatable bonds is 8. The Bertz CT molecular complexity index is 1010. The van der Waals surface area contributed by atoms with E-state index in [9.17, 15) is 10.2 Å². The van der Waals surface area contributed by atoms with Gasteiger partial charge in [0.2, 0.25) is 0 Å². The van der Waals surface area contributed by atoms with Crippen LogP contribution in [-0.4, -0.2) is 61.1 Å². The van der Waals surface area contributed by atoms with Crippen LogP contribution >= 0.6 is 0 Å². The van der Waals surface area contributed by atoms with E-state index in [0.717, 1.165) is 5.56 Å². The van der Waals surface area contributed by atoms with Crippen molar-refractivity contribution in [1.29, 1.82) is 0 Å². The van der Waals surface area contributed by atoms with Crippen molar-refractivity contribution in [2.45, 2.75) is 89.4 Å². The number of hydrogen-bond acceptors (Lipinski definition) is 6. The van der Waals surface area contributed by atoms with E-state index < -0.39 is 30.0 Å². The van der Waals surface area contributed by atoms with Gasteiger partial charge in [-0.05, 0) is 38.8 Å². The van der Waals surface area contributed by atoms with E-state index in [2.05, 4.69) is 45.1 Å². The molecule has 0 amide bonds. The lowest BCUT2D eigenvalue weighted by Crippen LogP contribution is -2.38. The van der Waals surface area contributed by atoms with Gasteiger partial charge in [-0.1, -0.05) is 86.7 Å². The molecular formula is C32H46O6. The SMILES string of the molecule is COC1C(C)C(OC(C)(C)c2ccccc2)C(O)C1O.COC1C=CC(OC(C)(C)c2ccccc2)C1C. The summed E-state index contributed by atoms with van der Waals surface area (Å²) in [5.74, 6) is 0.283. The molecular weight excluding hydrogens is 480 g/mol. The van der Waals surface area contributed by atoms with Crippen molar-refractivity contribution in [2.75, 3.05) is 14.2 Å². The fraction of sp³-hybridized carbons (Fsp3) is 0.562. The van der Waals surface area contributed by atoms with Crippen LogP contribution in [0.25, 0.3) is 0 Å². The Morgan fingerprint density at radius 2 is 1.03 bits per heavy atom. The lowest BCUT2D eigenvalue weighted by atomic mass is 9.96. The summed E-state index contributed by atoms with van der Waals surface area (Å²) in [6, 6.07) is 20.2. The van der Waals surface area contributed by atoms with Gasteiger partial charge in [0.05, 0.1) is 35.6 Å². The molecule has 38 heavy (non-hydrogen) atoms. The molecule has 0 bridgehead atoms. The first-order valence-corrected chi connectivity index (χ1v) is 13.5. The summed E-state index contributed by atoms with van der Waals surface area (Å²) >= 11 is 0. The van der Waals surface area contributed by atoms with Crippen LogP contribution in [0.4, 0.5) is 0 Å². The maximum absolute atomic E-state index is 10.2.